The largest absolute Gasteiger partial charge is 0.508 e. The van der Waals surface area contributed by atoms with Gasteiger partial charge in [-0.05, 0) is 72.0 Å². The number of Topliss-reactive ketones (excluding diaryl/α,β-unsaturated/α-hetero) is 1. The van der Waals surface area contributed by atoms with E-state index in [0.29, 0.717) is 27.9 Å². The van der Waals surface area contributed by atoms with Crippen molar-refractivity contribution >= 4 is 17.4 Å². The maximum atomic E-state index is 12.0. The van der Waals surface area contributed by atoms with Crippen LogP contribution in [0.5, 0.6) is 5.75 Å². The number of anilines is 1. The van der Waals surface area contributed by atoms with Crippen molar-refractivity contribution in [2.45, 2.75) is 20.8 Å². The van der Waals surface area contributed by atoms with Crippen LogP contribution >= 0.6 is 0 Å². The molecular weight excluding hydrogens is 354 g/mol. The molecule has 5 N–H and O–H groups in total. The van der Waals surface area contributed by atoms with Crippen molar-refractivity contribution < 1.29 is 14.7 Å². The van der Waals surface area contributed by atoms with Gasteiger partial charge in [0.05, 0.1) is 11.3 Å². The van der Waals surface area contributed by atoms with Gasteiger partial charge in [-0.3, -0.25) is 14.6 Å². The third kappa shape index (κ3) is 3.32. The summed E-state index contributed by atoms with van der Waals surface area (Å²) in [6, 6.07) is 10.2. The van der Waals surface area contributed by atoms with Gasteiger partial charge in [-0.1, -0.05) is 6.07 Å². The lowest BCUT2D eigenvalue weighted by molar-refractivity contribution is 0.0995. The van der Waals surface area contributed by atoms with Crippen LogP contribution in [0.15, 0.2) is 42.6 Å². The van der Waals surface area contributed by atoms with E-state index < -0.39 is 5.91 Å². The van der Waals surface area contributed by atoms with Crippen LogP contribution in [-0.4, -0.2) is 21.8 Å². The normalized spacial score (nSPS) is 10.7. The van der Waals surface area contributed by atoms with Crippen LogP contribution < -0.4 is 11.5 Å². The average molecular weight is 375 g/mol. The summed E-state index contributed by atoms with van der Waals surface area (Å²) in [5, 5.41) is 10.2. The summed E-state index contributed by atoms with van der Waals surface area (Å²) in [4.78, 5) is 27.8. The molecule has 0 bridgehead atoms. The van der Waals surface area contributed by atoms with E-state index in [1.54, 1.807) is 37.3 Å². The number of pyridine rings is 1. The fraction of sp³-hybridized carbons (Fsp3) is 0.136. The van der Waals surface area contributed by atoms with Gasteiger partial charge in [0.25, 0.3) is 5.91 Å². The predicted molar refractivity (Wildman–Crippen MR) is 109 cm³/mol. The van der Waals surface area contributed by atoms with E-state index >= 15 is 0 Å². The number of carbonyl (C=O) groups excluding carboxylic acids is 2. The van der Waals surface area contributed by atoms with E-state index in [1.807, 2.05) is 13.0 Å². The fourth-order valence-electron chi connectivity index (χ4n) is 3.28. The topological polar surface area (TPSA) is 119 Å². The number of ketones is 1. The lowest BCUT2D eigenvalue weighted by Gasteiger charge is -2.17. The molecule has 0 aliphatic carbocycles. The SMILES string of the molecule is CC(=O)c1cc(-c2cc(C(N)=O)c(N)c(-c3c(C)ccc(O)c3C)c2)ccn1. The molecule has 0 spiro atoms. The van der Waals surface area contributed by atoms with E-state index in [4.69, 9.17) is 11.5 Å². The van der Waals surface area contributed by atoms with E-state index in [0.717, 1.165) is 11.1 Å². The fourth-order valence-corrected chi connectivity index (χ4v) is 3.28. The second-order valence-electron chi connectivity index (χ2n) is 6.74. The molecular formula is C22H21N3O3. The molecule has 0 aliphatic rings. The molecule has 1 amide bonds. The highest BCUT2D eigenvalue weighted by molar-refractivity contribution is 6.04. The first-order valence-electron chi connectivity index (χ1n) is 8.71. The summed E-state index contributed by atoms with van der Waals surface area (Å²) in [6.45, 7) is 5.13. The predicted octanol–water partition coefficient (Wildman–Crippen LogP) is 3.62. The molecule has 0 fully saturated rings. The number of nitrogen functional groups attached to an aromatic ring is 1. The molecule has 6 heteroatoms. The smallest absolute Gasteiger partial charge is 0.250 e. The Hall–Kier alpha value is -3.67. The highest BCUT2D eigenvalue weighted by Crippen LogP contribution is 2.39. The number of hydrogen-bond donors (Lipinski definition) is 3. The van der Waals surface area contributed by atoms with E-state index in [-0.39, 0.29) is 22.8 Å². The zero-order valence-corrected chi connectivity index (χ0v) is 15.9. The van der Waals surface area contributed by atoms with Crippen LogP contribution in [0.3, 0.4) is 0 Å². The van der Waals surface area contributed by atoms with Crippen molar-refractivity contribution in [1.82, 2.24) is 4.98 Å². The van der Waals surface area contributed by atoms with Crippen molar-refractivity contribution in [1.29, 1.82) is 0 Å². The zero-order chi connectivity index (χ0) is 20.6. The number of amides is 1. The van der Waals surface area contributed by atoms with E-state index in [2.05, 4.69) is 4.98 Å². The first-order chi connectivity index (χ1) is 13.2. The van der Waals surface area contributed by atoms with Crippen LogP contribution in [0.2, 0.25) is 0 Å². The van der Waals surface area contributed by atoms with Gasteiger partial charge < -0.3 is 16.6 Å². The van der Waals surface area contributed by atoms with Gasteiger partial charge in [0.2, 0.25) is 0 Å². The molecule has 28 heavy (non-hydrogen) atoms. The minimum atomic E-state index is -0.656. The number of aryl methyl sites for hydroxylation is 1. The van der Waals surface area contributed by atoms with Crippen molar-refractivity contribution in [3.63, 3.8) is 0 Å². The van der Waals surface area contributed by atoms with Gasteiger partial charge in [0.15, 0.2) is 5.78 Å². The second kappa shape index (κ2) is 7.15. The number of nitrogens with two attached hydrogens (primary N) is 2. The van der Waals surface area contributed by atoms with E-state index in [9.17, 15) is 14.7 Å². The molecule has 0 unspecified atom stereocenters. The second-order valence-corrected chi connectivity index (χ2v) is 6.74. The van der Waals surface area contributed by atoms with E-state index in [1.165, 1.54) is 13.1 Å². The summed E-state index contributed by atoms with van der Waals surface area (Å²) < 4.78 is 0. The summed E-state index contributed by atoms with van der Waals surface area (Å²) in [7, 11) is 0. The lowest BCUT2D eigenvalue weighted by Crippen LogP contribution is -2.14. The number of nitrogens with zero attached hydrogens (tertiary/aromatic N) is 1. The molecule has 142 valence electrons. The summed E-state index contributed by atoms with van der Waals surface area (Å²) >= 11 is 0. The molecule has 0 saturated heterocycles. The van der Waals surface area contributed by atoms with Crippen LogP contribution in [0.1, 0.15) is 38.9 Å². The Kier molecular flexibility index (Phi) is 4.88. The molecule has 0 radical (unpaired) electrons. The number of aromatic nitrogens is 1. The number of aromatic hydroxyl groups is 1. The number of phenols is 1. The van der Waals surface area contributed by atoms with Crippen LogP contribution in [-0.2, 0) is 0 Å². The molecule has 2 aromatic carbocycles. The quantitative estimate of drug-likeness (QED) is 0.475. The summed E-state index contributed by atoms with van der Waals surface area (Å²) in [5.74, 6) is -0.682. The Balaban J connectivity index is 2.34. The van der Waals surface area contributed by atoms with Gasteiger partial charge in [0.1, 0.15) is 11.4 Å². The highest BCUT2D eigenvalue weighted by atomic mass is 16.3. The molecule has 0 saturated carbocycles. The molecule has 3 rings (SSSR count). The Morgan fingerprint density at radius 1 is 1.04 bits per heavy atom. The van der Waals surface area contributed by atoms with Gasteiger partial charge in [-0.15, -0.1) is 0 Å². The van der Waals surface area contributed by atoms with Crippen LogP contribution in [0.4, 0.5) is 5.69 Å². The minimum Gasteiger partial charge on any atom is -0.508 e. The maximum Gasteiger partial charge on any atom is 0.250 e. The number of hydrogen-bond acceptors (Lipinski definition) is 5. The Bertz CT molecular complexity index is 1120. The Labute approximate surface area is 162 Å². The van der Waals surface area contributed by atoms with Crippen molar-refractivity contribution in [3.8, 4) is 28.0 Å². The third-order valence-electron chi connectivity index (χ3n) is 4.81. The summed E-state index contributed by atoms with van der Waals surface area (Å²) in [5.41, 5.74) is 16.8. The molecule has 1 heterocycles. The number of primary amides is 1. The number of benzene rings is 2. The standard InChI is InChI=1S/C22H21N3O3/c1-11-4-5-19(27)12(2)20(11)16-8-15(9-17(21(16)23)22(24)28)14-6-7-25-18(10-14)13(3)26/h4-10,27H,23H2,1-3H3,(H2,24,28). The molecule has 3 aromatic rings. The molecule has 0 aliphatic heterocycles. The maximum absolute atomic E-state index is 12.0. The first-order valence-corrected chi connectivity index (χ1v) is 8.71. The van der Waals surface area contributed by atoms with Gasteiger partial charge in [0, 0.05) is 18.7 Å². The van der Waals surface area contributed by atoms with Crippen molar-refractivity contribution in [2.24, 2.45) is 5.73 Å². The monoisotopic (exact) mass is 375 g/mol. The number of rotatable bonds is 4. The number of phenolic OH excluding ortho intramolecular Hbond substituents is 1. The van der Waals surface area contributed by atoms with Crippen molar-refractivity contribution in [3.05, 3.63) is 65.0 Å². The lowest BCUT2D eigenvalue weighted by atomic mass is 9.89. The Morgan fingerprint density at radius 3 is 2.39 bits per heavy atom. The van der Waals surface area contributed by atoms with Gasteiger partial charge in [-0.2, -0.15) is 0 Å². The molecule has 0 atom stereocenters. The minimum absolute atomic E-state index is 0.133. The Morgan fingerprint density at radius 2 is 1.75 bits per heavy atom. The van der Waals surface area contributed by atoms with Crippen molar-refractivity contribution in [2.75, 3.05) is 5.73 Å². The average Bonchev–Trinajstić information content (AvgIpc) is 2.66. The number of carbonyl (C=O) groups is 2. The first kappa shape index (κ1) is 19.1. The third-order valence-corrected chi connectivity index (χ3v) is 4.81. The zero-order valence-electron chi connectivity index (χ0n) is 15.9. The van der Waals surface area contributed by atoms with Crippen LogP contribution in [0, 0.1) is 13.8 Å². The molecule has 1 aromatic heterocycles. The van der Waals surface area contributed by atoms with Gasteiger partial charge >= 0.3 is 0 Å². The molecule has 6 nitrogen and oxygen atoms in total. The van der Waals surface area contributed by atoms with Crippen LogP contribution in [0.25, 0.3) is 22.3 Å². The van der Waals surface area contributed by atoms with Gasteiger partial charge in [-0.25, -0.2) is 0 Å². The summed E-state index contributed by atoms with van der Waals surface area (Å²) in [6.07, 6.45) is 1.54. The highest BCUT2D eigenvalue weighted by Gasteiger charge is 2.19.